The number of carbonyl (C=O) groups excluding carboxylic acids is 2. The Balaban J connectivity index is 1.61. The van der Waals surface area contributed by atoms with E-state index >= 15 is 0 Å². The third kappa shape index (κ3) is 4.67. The number of benzene rings is 1. The zero-order valence-electron chi connectivity index (χ0n) is 15.9. The second-order valence-electron chi connectivity index (χ2n) is 6.70. The predicted octanol–water partition coefficient (Wildman–Crippen LogP) is 2.86. The van der Waals surface area contributed by atoms with Crippen LogP contribution in [0, 0.1) is 6.92 Å². The normalized spacial score (nSPS) is 14.1. The molecular formula is C20H26N4O3. The van der Waals surface area contributed by atoms with Crippen LogP contribution in [0.4, 0.5) is 5.82 Å². The number of amides is 2. The van der Waals surface area contributed by atoms with Crippen molar-refractivity contribution in [3.63, 3.8) is 0 Å². The maximum atomic E-state index is 12.6. The first-order valence-electron chi connectivity index (χ1n) is 9.43. The van der Waals surface area contributed by atoms with Crippen LogP contribution >= 0.6 is 0 Å². The van der Waals surface area contributed by atoms with Crippen molar-refractivity contribution < 1.29 is 14.3 Å². The summed E-state index contributed by atoms with van der Waals surface area (Å²) in [6.07, 6.45) is 5.01. The molecule has 7 heteroatoms. The number of likely N-dealkylation sites (tertiary alicyclic amines) is 1. The Morgan fingerprint density at radius 2 is 2.00 bits per heavy atom. The van der Waals surface area contributed by atoms with Gasteiger partial charge in [0.2, 0.25) is 0 Å². The molecule has 144 valence electrons. The van der Waals surface area contributed by atoms with E-state index < -0.39 is 0 Å². The Morgan fingerprint density at radius 3 is 2.74 bits per heavy atom. The molecule has 0 atom stereocenters. The van der Waals surface area contributed by atoms with Crippen molar-refractivity contribution in [1.29, 1.82) is 0 Å². The molecule has 1 aliphatic heterocycles. The highest BCUT2D eigenvalue weighted by molar-refractivity contribution is 6.04. The molecule has 0 radical (unpaired) electrons. The fraction of sp³-hybridized carbons (Fsp3) is 0.450. The summed E-state index contributed by atoms with van der Waals surface area (Å²) < 4.78 is 7.37. The molecule has 1 fully saturated rings. The number of aryl methyl sites for hydroxylation is 2. The van der Waals surface area contributed by atoms with Gasteiger partial charge in [-0.1, -0.05) is 6.07 Å². The Hall–Kier alpha value is -2.83. The number of anilines is 1. The minimum absolute atomic E-state index is 0.00716. The van der Waals surface area contributed by atoms with Crippen molar-refractivity contribution in [2.24, 2.45) is 0 Å². The summed E-state index contributed by atoms with van der Waals surface area (Å²) in [7, 11) is 0. The van der Waals surface area contributed by atoms with Gasteiger partial charge in [0.05, 0.1) is 6.20 Å². The van der Waals surface area contributed by atoms with E-state index in [4.69, 9.17) is 4.74 Å². The van der Waals surface area contributed by atoms with Crippen LogP contribution in [0.3, 0.4) is 0 Å². The number of ether oxygens (including phenoxy) is 1. The van der Waals surface area contributed by atoms with Crippen LogP contribution in [0.15, 0.2) is 30.5 Å². The zero-order valence-corrected chi connectivity index (χ0v) is 15.9. The van der Waals surface area contributed by atoms with Crippen molar-refractivity contribution in [3.8, 4) is 5.75 Å². The monoisotopic (exact) mass is 370 g/mol. The van der Waals surface area contributed by atoms with Crippen molar-refractivity contribution in [1.82, 2.24) is 14.7 Å². The largest absolute Gasteiger partial charge is 0.484 e. The topological polar surface area (TPSA) is 76.5 Å². The molecule has 1 aliphatic rings. The maximum absolute atomic E-state index is 12.6. The van der Waals surface area contributed by atoms with Crippen molar-refractivity contribution in [2.45, 2.75) is 39.7 Å². The smallest absolute Gasteiger partial charge is 0.260 e. The van der Waals surface area contributed by atoms with E-state index in [9.17, 15) is 9.59 Å². The van der Waals surface area contributed by atoms with Gasteiger partial charge >= 0.3 is 0 Å². The molecule has 2 aromatic rings. The molecule has 0 spiro atoms. The number of hydrogen-bond acceptors (Lipinski definition) is 4. The fourth-order valence-corrected chi connectivity index (χ4v) is 3.17. The summed E-state index contributed by atoms with van der Waals surface area (Å²) in [4.78, 5) is 26.7. The lowest BCUT2D eigenvalue weighted by Gasteiger charge is -2.26. The van der Waals surface area contributed by atoms with Crippen LogP contribution in [-0.2, 0) is 11.3 Å². The molecule has 1 saturated heterocycles. The van der Waals surface area contributed by atoms with Gasteiger partial charge in [-0.05, 0) is 51.3 Å². The molecule has 3 rings (SSSR count). The van der Waals surface area contributed by atoms with Gasteiger partial charge in [-0.15, -0.1) is 0 Å². The first-order valence-corrected chi connectivity index (χ1v) is 9.43. The SMILES string of the molecule is CCn1ncc(C)c1NC(=O)c1cccc(OCC(=O)N2CCCCC2)c1. The van der Waals surface area contributed by atoms with Crippen molar-refractivity contribution in [3.05, 3.63) is 41.6 Å². The van der Waals surface area contributed by atoms with Crippen molar-refractivity contribution >= 4 is 17.6 Å². The Labute approximate surface area is 159 Å². The number of aromatic nitrogens is 2. The van der Waals surface area contributed by atoms with Gasteiger partial charge in [-0.3, -0.25) is 9.59 Å². The average molecular weight is 370 g/mol. The highest BCUT2D eigenvalue weighted by atomic mass is 16.5. The van der Waals surface area contributed by atoms with E-state index in [2.05, 4.69) is 10.4 Å². The van der Waals surface area contributed by atoms with Crippen molar-refractivity contribution in [2.75, 3.05) is 25.0 Å². The molecule has 0 unspecified atom stereocenters. The third-order valence-corrected chi connectivity index (χ3v) is 4.72. The number of carbonyl (C=O) groups is 2. The molecule has 27 heavy (non-hydrogen) atoms. The summed E-state index contributed by atoms with van der Waals surface area (Å²) in [5, 5.41) is 7.13. The highest BCUT2D eigenvalue weighted by Gasteiger charge is 2.17. The van der Waals surface area contributed by atoms with E-state index in [1.54, 1.807) is 35.1 Å². The minimum atomic E-state index is -0.235. The van der Waals surface area contributed by atoms with E-state index in [1.807, 2.05) is 18.7 Å². The van der Waals surface area contributed by atoms with E-state index in [0.29, 0.717) is 23.7 Å². The number of piperidine rings is 1. The summed E-state index contributed by atoms with van der Waals surface area (Å²) >= 11 is 0. The maximum Gasteiger partial charge on any atom is 0.260 e. The first-order chi connectivity index (χ1) is 13.1. The van der Waals surface area contributed by atoms with Gasteiger partial charge in [-0.25, -0.2) is 4.68 Å². The van der Waals surface area contributed by atoms with Crippen LogP contribution < -0.4 is 10.1 Å². The first kappa shape index (κ1) is 18.9. The molecule has 7 nitrogen and oxygen atoms in total. The van der Waals surface area contributed by atoms with Crippen LogP contribution in [0.2, 0.25) is 0 Å². The lowest BCUT2D eigenvalue weighted by atomic mass is 10.1. The van der Waals surface area contributed by atoms with Crippen LogP contribution in [0.5, 0.6) is 5.75 Å². The van der Waals surface area contributed by atoms with Gasteiger partial charge in [0.15, 0.2) is 6.61 Å². The van der Waals surface area contributed by atoms with Crippen LogP contribution in [0.25, 0.3) is 0 Å². The average Bonchev–Trinajstić information content (AvgIpc) is 3.06. The van der Waals surface area contributed by atoms with Gasteiger partial charge < -0.3 is 15.0 Å². The van der Waals surface area contributed by atoms with Gasteiger partial charge in [0.1, 0.15) is 11.6 Å². The van der Waals surface area contributed by atoms with E-state index in [1.165, 1.54) is 6.42 Å². The second-order valence-corrected chi connectivity index (χ2v) is 6.70. The van der Waals surface area contributed by atoms with Gasteiger partial charge in [-0.2, -0.15) is 5.10 Å². The standard InChI is InChI=1S/C20H26N4O3/c1-3-24-19(15(2)13-21-24)22-20(26)16-8-7-9-17(12-16)27-14-18(25)23-10-5-4-6-11-23/h7-9,12-13H,3-6,10-11,14H2,1-2H3,(H,22,26). The van der Waals surface area contributed by atoms with E-state index in [0.717, 1.165) is 31.5 Å². The van der Waals surface area contributed by atoms with Crippen LogP contribution in [-0.4, -0.2) is 46.2 Å². The number of hydrogen-bond donors (Lipinski definition) is 1. The highest BCUT2D eigenvalue weighted by Crippen LogP contribution is 2.18. The molecule has 2 heterocycles. The zero-order chi connectivity index (χ0) is 19.2. The quantitative estimate of drug-likeness (QED) is 0.848. The second kappa shape index (κ2) is 8.70. The molecule has 0 saturated carbocycles. The lowest BCUT2D eigenvalue weighted by molar-refractivity contribution is -0.134. The third-order valence-electron chi connectivity index (χ3n) is 4.72. The van der Waals surface area contributed by atoms with Gasteiger partial charge in [0, 0.05) is 30.8 Å². The number of rotatable bonds is 6. The molecule has 0 bridgehead atoms. The van der Waals surface area contributed by atoms with Gasteiger partial charge in [0.25, 0.3) is 11.8 Å². The Kier molecular flexibility index (Phi) is 6.11. The molecule has 1 aromatic heterocycles. The molecule has 2 amide bonds. The van der Waals surface area contributed by atoms with E-state index in [-0.39, 0.29) is 18.4 Å². The number of nitrogens with zero attached hydrogens (tertiary/aromatic N) is 3. The Bertz CT molecular complexity index is 809. The minimum Gasteiger partial charge on any atom is -0.484 e. The fourth-order valence-electron chi connectivity index (χ4n) is 3.17. The predicted molar refractivity (Wildman–Crippen MR) is 103 cm³/mol. The summed E-state index contributed by atoms with van der Waals surface area (Å²) in [5.74, 6) is 0.955. The summed E-state index contributed by atoms with van der Waals surface area (Å²) in [5.41, 5.74) is 1.38. The molecule has 1 N–H and O–H groups in total. The number of nitrogens with one attached hydrogen (secondary N) is 1. The molecular weight excluding hydrogens is 344 g/mol. The summed E-state index contributed by atoms with van der Waals surface area (Å²) in [6, 6.07) is 6.87. The molecule has 0 aliphatic carbocycles. The van der Waals surface area contributed by atoms with Crippen LogP contribution in [0.1, 0.15) is 42.1 Å². The Morgan fingerprint density at radius 1 is 1.22 bits per heavy atom. The lowest BCUT2D eigenvalue weighted by Crippen LogP contribution is -2.38. The summed E-state index contributed by atoms with van der Waals surface area (Å²) in [6.45, 7) is 6.14. The molecule has 1 aromatic carbocycles.